The fraction of sp³-hybridized carbons (Fsp3) is 0.381. The maximum Gasteiger partial charge on any atom is 0.401 e. The zero-order chi connectivity index (χ0) is 24.3. The van der Waals surface area contributed by atoms with Gasteiger partial charge in [-0.05, 0) is 30.7 Å². The summed E-state index contributed by atoms with van der Waals surface area (Å²) in [5.74, 6) is 0.546. The SMILES string of the molecule is CS(=O)(=O)c1nn(Cc2nc3cc(Cl)ccc3n2C2CCN(CC(F)(F)F)C2)c2cnccc12. The van der Waals surface area contributed by atoms with Gasteiger partial charge in [0.25, 0.3) is 0 Å². The zero-order valence-corrected chi connectivity index (χ0v) is 19.6. The lowest BCUT2D eigenvalue weighted by atomic mass is 10.2. The molecule has 13 heteroatoms. The summed E-state index contributed by atoms with van der Waals surface area (Å²) in [6.07, 6.45) is 0.360. The second-order valence-electron chi connectivity index (χ2n) is 8.45. The van der Waals surface area contributed by atoms with Gasteiger partial charge in [0.05, 0.1) is 35.8 Å². The fourth-order valence-corrected chi connectivity index (χ4v) is 5.56. The minimum absolute atomic E-state index is 0.0622. The molecule has 4 aromatic rings. The van der Waals surface area contributed by atoms with Gasteiger partial charge < -0.3 is 4.57 Å². The number of alkyl halides is 3. The van der Waals surface area contributed by atoms with E-state index in [1.165, 1.54) is 22.0 Å². The maximum absolute atomic E-state index is 12.9. The Morgan fingerprint density at radius 3 is 2.74 bits per heavy atom. The van der Waals surface area contributed by atoms with Crippen LogP contribution in [0.25, 0.3) is 21.9 Å². The van der Waals surface area contributed by atoms with Crippen molar-refractivity contribution >= 4 is 43.4 Å². The number of sulfone groups is 1. The normalized spacial score (nSPS) is 17.9. The molecular formula is C21H20ClF3N6O2S. The number of hydrogen-bond donors (Lipinski definition) is 0. The number of benzene rings is 1. The van der Waals surface area contributed by atoms with Gasteiger partial charge in [0.1, 0.15) is 5.82 Å². The fourth-order valence-electron chi connectivity index (χ4n) is 4.58. The summed E-state index contributed by atoms with van der Waals surface area (Å²) < 4.78 is 66.9. The molecule has 8 nitrogen and oxygen atoms in total. The van der Waals surface area contributed by atoms with Gasteiger partial charge in [0.2, 0.25) is 0 Å². The van der Waals surface area contributed by atoms with Crippen LogP contribution in [0.15, 0.2) is 41.7 Å². The van der Waals surface area contributed by atoms with Gasteiger partial charge in [0.15, 0.2) is 14.9 Å². The molecule has 34 heavy (non-hydrogen) atoms. The summed E-state index contributed by atoms with van der Waals surface area (Å²) in [6.45, 7) is -0.329. The van der Waals surface area contributed by atoms with Crippen molar-refractivity contribution in [2.24, 2.45) is 0 Å². The standard InChI is InChI=1S/C21H20ClF3N6O2S/c1-34(32,33)20-15-4-6-26-9-18(15)30(28-20)11-19-27-16-8-13(22)2-3-17(16)31(19)14-5-7-29(10-14)12-21(23,24)25/h2-4,6,8-9,14H,5,7,10-12H2,1H3. The monoisotopic (exact) mass is 512 g/mol. The second-order valence-corrected chi connectivity index (χ2v) is 10.8. The highest BCUT2D eigenvalue weighted by Gasteiger charge is 2.36. The molecule has 0 saturated carbocycles. The Balaban J connectivity index is 1.59. The number of fused-ring (bicyclic) bond motifs is 2. The first-order valence-electron chi connectivity index (χ1n) is 10.5. The maximum atomic E-state index is 12.9. The van der Waals surface area contributed by atoms with E-state index in [0.29, 0.717) is 40.2 Å². The molecule has 0 bridgehead atoms. The molecule has 0 N–H and O–H groups in total. The Kier molecular flexibility index (Phi) is 5.57. The van der Waals surface area contributed by atoms with Crippen molar-refractivity contribution in [3.05, 3.63) is 47.5 Å². The van der Waals surface area contributed by atoms with Gasteiger partial charge in [-0.15, -0.1) is 0 Å². The largest absolute Gasteiger partial charge is 0.401 e. The summed E-state index contributed by atoms with van der Waals surface area (Å²) in [6, 6.07) is 6.56. The third-order valence-corrected chi connectivity index (χ3v) is 7.14. The number of rotatable bonds is 5. The minimum Gasteiger partial charge on any atom is -0.322 e. The predicted molar refractivity (Wildman–Crippen MR) is 121 cm³/mol. The van der Waals surface area contributed by atoms with Crippen molar-refractivity contribution in [3.63, 3.8) is 0 Å². The molecule has 1 aliphatic heterocycles. The lowest BCUT2D eigenvalue weighted by molar-refractivity contribution is -0.143. The van der Waals surface area contributed by atoms with E-state index in [2.05, 4.69) is 10.1 Å². The van der Waals surface area contributed by atoms with Gasteiger partial charge in [-0.3, -0.25) is 14.6 Å². The highest BCUT2D eigenvalue weighted by molar-refractivity contribution is 7.90. The van der Waals surface area contributed by atoms with Crippen molar-refractivity contribution in [1.82, 2.24) is 29.2 Å². The molecule has 1 fully saturated rings. The first kappa shape index (κ1) is 23.1. The number of nitrogens with zero attached hydrogens (tertiary/aromatic N) is 6. The Morgan fingerprint density at radius 1 is 1.21 bits per heavy atom. The van der Waals surface area contributed by atoms with Gasteiger partial charge in [-0.25, -0.2) is 13.4 Å². The summed E-state index contributed by atoms with van der Waals surface area (Å²) in [5.41, 5.74) is 1.87. The van der Waals surface area contributed by atoms with Crippen molar-refractivity contribution in [1.29, 1.82) is 0 Å². The van der Waals surface area contributed by atoms with Gasteiger partial charge in [0, 0.05) is 42.0 Å². The summed E-state index contributed by atoms with van der Waals surface area (Å²) in [4.78, 5) is 10.2. The Morgan fingerprint density at radius 2 is 2.00 bits per heavy atom. The van der Waals surface area contributed by atoms with Crippen LogP contribution in [0.1, 0.15) is 18.3 Å². The molecule has 0 radical (unpaired) electrons. The average Bonchev–Trinajstić information content (AvgIpc) is 3.42. The van der Waals surface area contributed by atoms with Crippen LogP contribution in [-0.4, -0.2) is 69.7 Å². The third kappa shape index (κ3) is 4.37. The van der Waals surface area contributed by atoms with Crippen LogP contribution in [0, 0.1) is 0 Å². The number of hydrogen-bond acceptors (Lipinski definition) is 6. The first-order chi connectivity index (χ1) is 16.0. The van der Waals surface area contributed by atoms with E-state index < -0.39 is 22.6 Å². The minimum atomic E-state index is -4.27. The second kappa shape index (κ2) is 8.21. The molecule has 1 aliphatic rings. The molecule has 180 valence electrons. The van der Waals surface area contributed by atoms with E-state index in [4.69, 9.17) is 16.6 Å². The van der Waals surface area contributed by atoms with E-state index in [1.54, 1.807) is 24.3 Å². The molecule has 1 saturated heterocycles. The highest BCUT2D eigenvalue weighted by Crippen LogP contribution is 2.32. The van der Waals surface area contributed by atoms with Gasteiger partial charge in [-0.1, -0.05) is 11.6 Å². The molecule has 5 rings (SSSR count). The van der Waals surface area contributed by atoms with Crippen LogP contribution in [0.4, 0.5) is 13.2 Å². The summed E-state index contributed by atoms with van der Waals surface area (Å²) >= 11 is 6.15. The molecule has 0 amide bonds. The molecule has 3 aromatic heterocycles. The van der Waals surface area contributed by atoms with E-state index in [9.17, 15) is 21.6 Å². The van der Waals surface area contributed by atoms with Crippen molar-refractivity contribution < 1.29 is 21.6 Å². The molecule has 4 heterocycles. The highest BCUT2D eigenvalue weighted by atomic mass is 35.5. The molecular weight excluding hydrogens is 493 g/mol. The number of aromatic nitrogens is 5. The quantitative estimate of drug-likeness (QED) is 0.405. The topological polar surface area (TPSA) is 85.9 Å². The van der Waals surface area contributed by atoms with Crippen LogP contribution in [-0.2, 0) is 16.4 Å². The van der Waals surface area contributed by atoms with E-state index in [1.807, 2.05) is 4.57 Å². The molecule has 1 atom stereocenters. The Bertz CT molecular complexity index is 1500. The predicted octanol–water partition coefficient (Wildman–Crippen LogP) is 3.70. The van der Waals surface area contributed by atoms with Crippen LogP contribution in [0.3, 0.4) is 0 Å². The zero-order valence-electron chi connectivity index (χ0n) is 18.0. The van der Waals surface area contributed by atoms with Crippen molar-refractivity contribution in [3.8, 4) is 0 Å². The lowest BCUT2D eigenvalue weighted by Crippen LogP contribution is -2.32. The summed E-state index contributed by atoms with van der Waals surface area (Å²) in [7, 11) is -3.60. The van der Waals surface area contributed by atoms with E-state index in [0.717, 1.165) is 11.8 Å². The van der Waals surface area contributed by atoms with Crippen LogP contribution < -0.4 is 0 Å². The van der Waals surface area contributed by atoms with E-state index >= 15 is 0 Å². The third-order valence-electron chi connectivity index (χ3n) is 5.90. The molecule has 1 aromatic carbocycles. The molecule has 1 unspecified atom stereocenters. The number of imidazole rings is 1. The smallest absolute Gasteiger partial charge is 0.322 e. The Hall–Kier alpha value is -2.70. The van der Waals surface area contributed by atoms with E-state index in [-0.39, 0.29) is 24.2 Å². The van der Waals surface area contributed by atoms with Crippen LogP contribution >= 0.6 is 11.6 Å². The van der Waals surface area contributed by atoms with Gasteiger partial charge in [-0.2, -0.15) is 18.3 Å². The number of likely N-dealkylation sites (tertiary alicyclic amines) is 1. The molecule has 0 aliphatic carbocycles. The van der Waals surface area contributed by atoms with Gasteiger partial charge >= 0.3 is 6.18 Å². The number of halogens is 4. The Labute approximate surface area is 197 Å². The average molecular weight is 513 g/mol. The lowest BCUT2D eigenvalue weighted by Gasteiger charge is -2.20. The van der Waals surface area contributed by atoms with Crippen LogP contribution in [0.5, 0.6) is 0 Å². The first-order valence-corrected chi connectivity index (χ1v) is 12.7. The van der Waals surface area contributed by atoms with Crippen LogP contribution in [0.2, 0.25) is 5.02 Å². The molecule has 0 spiro atoms. The van der Waals surface area contributed by atoms with Crippen molar-refractivity contribution in [2.75, 3.05) is 25.9 Å². The summed E-state index contributed by atoms with van der Waals surface area (Å²) in [5, 5.41) is 5.20. The van der Waals surface area contributed by atoms with Crippen molar-refractivity contribution in [2.45, 2.75) is 30.2 Å². The number of pyridine rings is 1.